The second-order valence-corrected chi connectivity index (χ2v) is 12.5. The van der Waals surface area contributed by atoms with Gasteiger partial charge in [0.1, 0.15) is 10.8 Å². The van der Waals surface area contributed by atoms with Crippen molar-refractivity contribution in [2.75, 3.05) is 23.3 Å². The zero-order valence-corrected chi connectivity index (χ0v) is 22.8. The van der Waals surface area contributed by atoms with Crippen molar-refractivity contribution < 1.29 is 9.21 Å². The third-order valence-corrected chi connectivity index (χ3v) is 8.80. The van der Waals surface area contributed by atoms with Crippen LogP contribution in [0.15, 0.2) is 45.8 Å². The molecule has 0 saturated carbocycles. The number of furan rings is 1. The highest BCUT2D eigenvalue weighted by molar-refractivity contribution is 7.16. The lowest BCUT2D eigenvalue weighted by Crippen LogP contribution is -2.28. The standard InChI is InChI=1S/C29H34ClN3O2S/c1-29(2,3)19-7-13-23-24(17-19)36-28(26(23)27(34)32-21-10-8-20(30)9-11-21)31-18-22-12-14-25(35-22)33-15-5-4-6-16-33/h8-12,14,18-19H,4-7,13,15-17H2,1-3H3,(H,32,34)/t19-/m0/s1. The molecule has 7 heteroatoms. The van der Waals surface area contributed by atoms with Gasteiger partial charge in [-0.1, -0.05) is 32.4 Å². The Balaban J connectivity index is 1.43. The van der Waals surface area contributed by atoms with Crippen LogP contribution in [0.5, 0.6) is 0 Å². The average molecular weight is 524 g/mol. The zero-order chi connectivity index (χ0) is 25.3. The van der Waals surface area contributed by atoms with Crippen molar-refractivity contribution in [3.63, 3.8) is 0 Å². The fourth-order valence-electron chi connectivity index (χ4n) is 5.18. The molecular weight excluding hydrogens is 490 g/mol. The summed E-state index contributed by atoms with van der Waals surface area (Å²) >= 11 is 7.67. The lowest BCUT2D eigenvalue weighted by molar-refractivity contribution is 0.102. The largest absolute Gasteiger partial charge is 0.440 e. The molecule has 1 aromatic carbocycles. The molecule has 0 unspecified atom stereocenters. The van der Waals surface area contributed by atoms with Crippen LogP contribution in [-0.4, -0.2) is 25.2 Å². The number of nitrogens with one attached hydrogen (secondary N) is 1. The maximum absolute atomic E-state index is 13.5. The van der Waals surface area contributed by atoms with Crippen molar-refractivity contribution in [1.82, 2.24) is 0 Å². The monoisotopic (exact) mass is 523 g/mol. The second-order valence-electron chi connectivity index (χ2n) is 10.9. The van der Waals surface area contributed by atoms with Gasteiger partial charge in [0, 0.05) is 34.7 Å². The number of anilines is 2. The number of hydrogen-bond acceptors (Lipinski definition) is 5. The quantitative estimate of drug-likeness (QED) is 0.343. The predicted octanol–water partition coefficient (Wildman–Crippen LogP) is 8.14. The van der Waals surface area contributed by atoms with Crippen LogP contribution in [0.3, 0.4) is 0 Å². The minimum Gasteiger partial charge on any atom is -0.440 e. The molecule has 1 aliphatic heterocycles. The molecule has 0 spiro atoms. The van der Waals surface area contributed by atoms with E-state index in [2.05, 4.69) is 31.0 Å². The molecule has 1 amide bonds. The summed E-state index contributed by atoms with van der Waals surface area (Å²) in [5.41, 5.74) is 2.79. The van der Waals surface area contributed by atoms with Gasteiger partial charge in [-0.25, -0.2) is 4.99 Å². The number of nitrogens with zero attached hydrogens (tertiary/aromatic N) is 2. The minimum atomic E-state index is -0.121. The van der Waals surface area contributed by atoms with E-state index in [0.717, 1.165) is 54.5 Å². The Morgan fingerprint density at radius 1 is 1.14 bits per heavy atom. The molecule has 1 aliphatic carbocycles. The highest BCUT2D eigenvalue weighted by Gasteiger charge is 2.33. The van der Waals surface area contributed by atoms with Gasteiger partial charge in [-0.2, -0.15) is 0 Å². The van der Waals surface area contributed by atoms with E-state index in [-0.39, 0.29) is 11.3 Å². The lowest BCUT2D eigenvalue weighted by Gasteiger charge is -2.33. The van der Waals surface area contributed by atoms with Gasteiger partial charge in [0.05, 0.1) is 11.8 Å². The number of benzene rings is 1. The molecule has 1 atom stereocenters. The van der Waals surface area contributed by atoms with E-state index in [0.29, 0.717) is 22.3 Å². The smallest absolute Gasteiger partial charge is 0.259 e. The van der Waals surface area contributed by atoms with Crippen LogP contribution in [0.4, 0.5) is 16.6 Å². The first-order chi connectivity index (χ1) is 17.3. The Hall–Kier alpha value is -2.57. The summed E-state index contributed by atoms with van der Waals surface area (Å²) in [5, 5.41) is 4.44. The van der Waals surface area contributed by atoms with Crippen molar-refractivity contribution in [2.45, 2.75) is 59.3 Å². The number of aliphatic imine (C=N–C) groups is 1. The van der Waals surface area contributed by atoms with Crippen LogP contribution >= 0.6 is 22.9 Å². The van der Waals surface area contributed by atoms with Crippen molar-refractivity contribution in [3.05, 3.63) is 63.2 Å². The van der Waals surface area contributed by atoms with Gasteiger partial charge in [-0.15, -0.1) is 11.3 Å². The van der Waals surface area contributed by atoms with E-state index in [1.54, 1.807) is 29.7 Å². The number of carbonyl (C=O) groups is 1. The molecule has 190 valence electrons. The van der Waals surface area contributed by atoms with E-state index in [4.69, 9.17) is 21.0 Å². The fourth-order valence-corrected chi connectivity index (χ4v) is 6.58. The van der Waals surface area contributed by atoms with Gasteiger partial charge in [0.2, 0.25) is 0 Å². The van der Waals surface area contributed by atoms with E-state index in [9.17, 15) is 4.79 Å². The molecule has 3 aromatic rings. The summed E-state index contributed by atoms with van der Waals surface area (Å²) in [5.74, 6) is 2.07. The zero-order valence-electron chi connectivity index (χ0n) is 21.3. The molecule has 3 heterocycles. The predicted molar refractivity (Wildman–Crippen MR) is 151 cm³/mol. The Bertz CT molecular complexity index is 1250. The number of hydrogen-bond donors (Lipinski definition) is 1. The van der Waals surface area contributed by atoms with Crippen molar-refractivity contribution in [2.24, 2.45) is 16.3 Å². The number of thiophene rings is 1. The molecule has 1 fully saturated rings. The normalized spacial score (nSPS) is 18.4. The van der Waals surface area contributed by atoms with Gasteiger partial charge in [-0.05, 0) is 85.8 Å². The molecule has 2 aliphatic rings. The van der Waals surface area contributed by atoms with Crippen LogP contribution in [0, 0.1) is 11.3 Å². The first-order valence-corrected chi connectivity index (χ1v) is 14.1. The number of amides is 1. The number of fused-ring (bicyclic) bond motifs is 1. The summed E-state index contributed by atoms with van der Waals surface area (Å²) in [7, 11) is 0. The van der Waals surface area contributed by atoms with Gasteiger partial charge in [0.15, 0.2) is 5.88 Å². The SMILES string of the molecule is CC(C)(C)[C@H]1CCc2c(sc(N=Cc3ccc(N4CCCCC4)o3)c2C(=O)Nc2ccc(Cl)cc2)C1. The Morgan fingerprint density at radius 3 is 2.61 bits per heavy atom. The first-order valence-electron chi connectivity index (χ1n) is 12.9. The third kappa shape index (κ3) is 5.55. The highest BCUT2D eigenvalue weighted by atomic mass is 35.5. The molecule has 5 nitrogen and oxygen atoms in total. The topological polar surface area (TPSA) is 57.8 Å². The summed E-state index contributed by atoms with van der Waals surface area (Å²) in [6, 6.07) is 11.2. The van der Waals surface area contributed by atoms with E-state index < -0.39 is 0 Å². The molecule has 0 bridgehead atoms. The van der Waals surface area contributed by atoms with Crippen LogP contribution in [0.2, 0.25) is 5.02 Å². The number of carbonyl (C=O) groups excluding carboxylic acids is 1. The maximum atomic E-state index is 13.5. The van der Waals surface area contributed by atoms with Crippen molar-refractivity contribution >= 4 is 51.6 Å². The highest BCUT2D eigenvalue weighted by Crippen LogP contribution is 2.45. The maximum Gasteiger partial charge on any atom is 0.259 e. The van der Waals surface area contributed by atoms with Gasteiger partial charge >= 0.3 is 0 Å². The van der Waals surface area contributed by atoms with E-state index in [1.165, 1.54) is 24.1 Å². The van der Waals surface area contributed by atoms with Gasteiger partial charge in [0.25, 0.3) is 5.91 Å². The molecule has 2 aromatic heterocycles. The fraction of sp³-hybridized carbons (Fsp3) is 0.448. The Labute approximate surface area is 222 Å². The molecular formula is C29H34ClN3O2S. The van der Waals surface area contributed by atoms with Crippen LogP contribution in [0.25, 0.3) is 0 Å². The molecule has 5 rings (SSSR count). The minimum absolute atomic E-state index is 0.121. The van der Waals surface area contributed by atoms with Crippen LogP contribution in [0.1, 0.15) is 73.0 Å². The number of rotatable bonds is 5. The second kappa shape index (κ2) is 10.4. The van der Waals surface area contributed by atoms with Crippen molar-refractivity contribution in [1.29, 1.82) is 0 Å². The van der Waals surface area contributed by atoms with Crippen molar-refractivity contribution in [3.8, 4) is 0 Å². The Morgan fingerprint density at radius 2 is 1.89 bits per heavy atom. The summed E-state index contributed by atoms with van der Waals surface area (Å²) in [6.45, 7) is 8.98. The average Bonchev–Trinajstić information content (AvgIpc) is 3.48. The van der Waals surface area contributed by atoms with Gasteiger partial charge in [-0.3, -0.25) is 4.79 Å². The third-order valence-electron chi connectivity index (χ3n) is 7.39. The van der Waals surface area contributed by atoms with E-state index >= 15 is 0 Å². The molecule has 36 heavy (non-hydrogen) atoms. The van der Waals surface area contributed by atoms with E-state index in [1.807, 2.05) is 24.3 Å². The molecule has 1 saturated heterocycles. The van der Waals surface area contributed by atoms with Gasteiger partial charge < -0.3 is 14.6 Å². The first kappa shape index (κ1) is 25.1. The number of piperidine rings is 1. The lowest BCUT2D eigenvalue weighted by atomic mass is 9.72. The van der Waals surface area contributed by atoms with Crippen LogP contribution in [-0.2, 0) is 12.8 Å². The molecule has 1 N–H and O–H groups in total. The summed E-state index contributed by atoms with van der Waals surface area (Å²) < 4.78 is 6.08. The van der Waals surface area contributed by atoms with Crippen LogP contribution < -0.4 is 10.2 Å². The summed E-state index contributed by atoms with van der Waals surface area (Å²) in [4.78, 5) is 21.9. The Kier molecular flexibility index (Phi) is 7.27. The number of halogens is 1. The molecule has 0 radical (unpaired) electrons. The summed E-state index contributed by atoms with van der Waals surface area (Å²) in [6.07, 6.45) is 8.40.